The molecular formula is C11H16Ru-. The van der Waals surface area contributed by atoms with Crippen LogP contribution in [-0.4, -0.2) is 0 Å². The van der Waals surface area contributed by atoms with Crippen LogP contribution in [0.25, 0.3) is 0 Å². The first-order valence-electron chi connectivity index (χ1n) is 4.18. The van der Waals surface area contributed by atoms with Gasteiger partial charge in [-0.25, -0.2) is 0 Å². The molecule has 0 unspecified atom stereocenters. The average Bonchev–Trinajstić information content (AvgIpc) is 2.08. The van der Waals surface area contributed by atoms with E-state index < -0.39 is 0 Å². The summed E-state index contributed by atoms with van der Waals surface area (Å²) in [7, 11) is 0. The van der Waals surface area contributed by atoms with Crippen molar-refractivity contribution >= 4 is 4.16 Å². The monoisotopic (exact) mass is 250 g/mol. The van der Waals surface area contributed by atoms with E-state index in [-0.39, 0.29) is 1.43 Å². The van der Waals surface area contributed by atoms with Crippen molar-refractivity contribution in [1.82, 2.24) is 0 Å². The Hall–Kier alpha value is -0.157. The SMILES string of the molecule is Cc1c(C)c(C)[c]([Ru])c(C)c1C.[H-]. The van der Waals surface area contributed by atoms with Crippen LogP contribution in [0.15, 0.2) is 0 Å². The third kappa shape index (κ3) is 1.35. The molecule has 1 aromatic rings. The van der Waals surface area contributed by atoms with Gasteiger partial charge in [0, 0.05) is 0 Å². The molecule has 1 aromatic carbocycles. The van der Waals surface area contributed by atoms with Crippen molar-refractivity contribution in [3.05, 3.63) is 27.8 Å². The van der Waals surface area contributed by atoms with E-state index in [9.17, 15) is 0 Å². The molecule has 0 N–H and O–H groups in total. The van der Waals surface area contributed by atoms with Crippen LogP contribution in [0, 0.1) is 34.6 Å². The molecular weight excluding hydrogens is 233 g/mol. The number of hydrogen-bond acceptors (Lipinski definition) is 0. The van der Waals surface area contributed by atoms with Crippen molar-refractivity contribution in [3.8, 4) is 0 Å². The van der Waals surface area contributed by atoms with Gasteiger partial charge in [-0.1, -0.05) is 0 Å². The minimum Gasteiger partial charge on any atom is -1.00 e. The molecule has 0 atom stereocenters. The molecule has 1 rings (SSSR count). The van der Waals surface area contributed by atoms with Crippen molar-refractivity contribution in [1.29, 1.82) is 0 Å². The molecule has 0 bridgehead atoms. The Kier molecular flexibility index (Phi) is 2.73. The second-order valence-electron chi connectivity index (χ2n) is 3.43. The standard InChI is InChI=1S/C11H15.Ru.H/c1-7-6-8(2)10(4)11(5)9(7)3;;/h1-5H3;;/q;;-1. The summed E-state index contributed by atoms with van der Waals surface area (Å²) in [6, 6.07) is 0. The van der Waals surface area contributed by atoms with E-state index in [1.54, 1.807) is 0 Å². The molecule has 0 aromatic heterocycles. The van der Waals surface area contributed by atoms with Gasteiger partial charge in [-0.15, -0.1) is 0 Å². The minimum atomic E-state index is 0. The predicted octanol–water partition coefficient (Wildman–Crippen LogP) is 2.51. The van der Waals surface area contributed by atoms with E-state index in [0.29, 0.717) is 0 Å². The van der Waals surface area contributed by atoms with Gasteiger partial charge in [-0.2, -0.15) is 0 Å². The molecule has 0 saturated heterocycles. The summed E-state index contributed by atoms with van der Waals surface area (Å²) in [5, 5.41) is 0. The summed E-state index contributed by atoms with van der Waals surface area (Å²) in [6.45, 7) is 11.0. The predicted molar refractivity (Wildman–Crippen MR) is 50.9 cm³/mol. The van der Waals surface area contributed by atoms with Crippen LogP contribution < -0.4 is 4.16 Å². The molecule has 69 valence electrons. The number of rotatable bonds is 0. The molecule has 0 heterocycles. The minimum absolute atomic E-state index is 0. The van der Waals surface area contributed by atoms with E-state index in [4.69, 9.17) is 0 Å². The third-order valence-corrected chi connectivity index (χ3v) is 4.19. The quantitative estimate of drug-likeness (QED) is 0.620. The Morgan fingerprint density at radius 1 is 0.667 bits per heavy atom. The fourth-order valence-corrected chi connectivity index (χ4v) is 2.10. The molecule has 0 nitrogen and oxygen atoms in total. The summed E-state index contributed by atoms with van der Waals surface area (Å²) in [6.07, 6.45) is 0. The van der Waals surface area contributed by atoms with Crippen molar-refractivity contribution < 1.29 is 19.7 Å². The molecule has 0 aliphatic heterocycles. The Labute approximate surface area is 86.5 Å². The van der Waals surface area contributed by atoms with Gasteiger partial charge in [0.2, 0.25) is 0 Å². The van der Waals surface area contributed by atoms with Gasteiger partial charge in [-0.3, -0.25) is 0 Å². The van der Waals surface area contributed by atoms with Crippen LogP contribution in [0.2, 0.25) is 0 Å². The van der Waals surface area contributed by atoms with Crippen LogP contribution in [0.3, 0.4) is 0 Å². The average molecular weight is 249 g/mol. The van der Waals surface area contributed by atoms with Crippen molar-refractivity contribution in [3.63, 3.8) is 0 Å². The van der Waals surface area contributed by atoms with E-state index in [0.717, 1.165) is 0 Å². The summed E-state index contributed by atoms with van der Waals surface area (Å²) in [5.74, 6) is 0. The fraction of sp³-hybridized carbons (Fsp3) is 0.455. The van der Waals surface area contributed by atoms with Crippen LogP contribution in [-0.2, 0) is 18.3 Å². The van der Waals surface area contributed by atoms with Gasteiger partial charge in [0.1, 0.15) is 0 Å². The van der Waals surface area contributed by atoms with Crippen LogP contribution in [0.1, 0.15) is 29.2 Å². The second-order valence-corrected chi connectivity index (χ2v) is 4.30. The Balaban J connectivity index is 0.00000144. The van der Waals surface area contributed by atoms with Gasteiger partial charge < -0.3 is 1.43 Å². The van der Waals surface area contributed by atoms with E-state index in [1.807, 2.05) is 0 Å². The fourth-order valence-electron chi connectivity index (χ4n) is 1.45. The summed E-state index contributed by atoms with van der Waals surface area (Å²) < 4.78 is 1.38. The first-order valence-corrected chi connectivity index (χ1v) is 5.05. The first-order chi connectivity index (χ1) is 5.46. The van der Waals surface area contributed by atoms with Crippen LogP contribution in [0.4, 0.5) is 0 Å². The van der Waals surface area contributed by atoms with Gasteiger partial charge in [-0.05, 0) is 0 Å². The molecule has 0 spiro atoms. The molecule has 12 heavy (non-hydrogen) atoms. The van der Waals surface area contributed by atoms with Gasteiger partial charge >= 0.3 is 84.9 Å². The molecule has 1 heteroatoms. The molecule has 0 amide bonds. The molecule has 0 aliphatic rings. The van der Waals surface area contributed by atoms with E-state index in [2.05, 4.69) is 52.9 Å². The summed E-state index contributed by atoms with van der Waals surface area (Å²) >= 11 is 2.74. The first kappa shape index (κ1) is 9.93. The summed E-state index contributed by atoms with van der Waals surface area (Å²) in [4.78, 5) is 0. The molecule has 0 fully saturated rings. The maximum atomic E-state index is 2.74. The third-order valence-electron chi connectivity index (χ3n) is 2.89. The Bertz CT molecular complexity index is 224. The van der Waals surface area contributed by atoms with Crippen molar-refractivity contribution in [2.45, 2.75) is 34.6 Å². The Morgan fingerprint density at radius 2 is 0.917 bits per heavy atom. The van der Waals surface area contributed by atoms with E-state index in [1.165, 1.54) is 32.0 Å². The number of hydrogen-bond donors (Lipinski definition) is 0. The second kappa shape index (κ2) is 3.30. The summed E-state index contributed by atoms with van der Waals surface area (Å²) in [5.41, 5.74) is 7.16. The topological polar surface area (TPSA) is 0 Å². The molecule has 0 radical (unpaired) electrons. The smallest absolute Gasteiger partial charge is 1.00 e. The van der Waals surface area contributed by atoms with Crippen molar-refractivity contribution in [2.75, 3.05) is 0 Å². The number of benzene rings is 1. The van der Waals surface area contributed by atoms with Gasteiger partial charge in [0.05, 0.1) is 0 Å². The zero-order chi connectivity index (χ0) is 9.46. The van der Waals surface area contributed by atoms with Gasteiger partial charge in [0.25, 0.3) is 0 Å². The van der Waals surface area contributed by atoms with E-state index >= 15 is 0 Å². The normalized spacial score (nSPS) is 10.5. The van der Waals surface area contributed by atoms with Crippen molar-refractivity contribution in [2.24, 2.45) is 0 Å². The van der Waals surface area contributed by atoms with Crippen LogP contribution >= 0.6 is 0 Å². The zero-order valence-electron chi connectivity index (χ0n) is 9.35. The maximum Gasteiger partial charge on any atom is -1.00 e. The molecule has 0 aliphatic carbocycles. The zero-order valence-corrected chi connectivity index (χ0v) is 10.1. The van der Waals surface area contributed by atoms with Gasteiger partial charge in [0.15, 0.2) is 0 Å². The largest absolute Gasteiger partial charge is 1.00 e. The Morgan fingerprint density at radius 3 is 1.25 bits per heavy atom. The maximum absolute atomic E-state index is 2.74. The van der Waals surface area contributed by atoms with Crippen LogP contribution in [0.5, 0.6) is 0 Å². The molecule has 0 saturated carbocycles.